The maximum atomic E-state index is 2.30. The summed E-state index contributed by atoms with van der Waals surface area (Å²) in [6, 6.07) is 0. The highest BCUT2D eigenvalue weighted by Crippen LogP contribution is 2.14. The topological polar surface area (TPSA) is 0 Å². The summed E-state index contributed by atoms with van der Waals surface area (Å²) in [5.41, 5.74) is 0. The summed E-state index contributed by atoms with van der Waals surface area (Å²) in [7, 11) is 0. The van der Waals surface area contributed by atoms with Crippen molar-refractivity contribution in [2.75, 3.05) is 0 Å². The lowest BCUT2D eigenvalue weighted by atomic mass is 10.0. The van der Waals surface area contributed by atoms with E-state index in [0.29, 0.717) is 0 Å². The largest absolute Gasteiger partial charge is 0.0654 e. The predicted octanol–water partition coefficient (Wildman–Crippen LogP) is 11.8. The first-order valence-electron chi connectivity index (χ1n) is 14.3. The van der Waals surface area contributed by atoms with E-state index in [-0.39, 0.29) is 0 Å². The molecule has 0 aliphatic rings. The van der Waals surface area contributed by atoms with Crippen molar-refractivity contribution in [3.8, 4) is 0 Å². The van der Waals surface area contributed by atoms with Crippen LogP contribution < -0.4 is 0 Å². The molecule has 0 atom stereocenters. The number of hydrogen-bond acceptors (Lipinski definition) is 0. The zero-order chi connectivity index (χ0) is 21.7. The molecule has 0 fully saturated rings. The Labute approximate surface area is 188 Å². The van der Waals surface area contributed by atoms with E-state index in [0.717, 1.165) is 0 Å². The zero-order valence-electron chi connectivity index (χ0n) is 21.7. The first-order chi connectivity index (χ1) is 14.3. The van der Waals surface area contributed by atoms with E-state index in [1.165, 1.54) is 161 Å². The lowest BCUT2D eigenvalue weighted by molar-refractivity contribution is 0.529. The van der Waals surface area contributed by atoms with E-state index < -0.39 is 0 Å². The first-order valence-corrected chi connectivity index (χ1v) is 14.3. The molecule has 0 aliphatic carbocycles. The van der Waals surface area contributed by atoms with Gasteiger partial charge in [0.15, 0.2) is 0 Å². The van der Waals surface area contributed by atoms with Crippen LogP contribution in [0.3, 0.4) is 0 Å². The van der Waals surface area contributed by atoms with Crippen LogP contribution in [0.2, 0.25) is 0 Å². The van der Waals surface area contributed by atoms with E-state index in [1.807, 2.05) is 0 Å². The maximum absolute atomic E-state index is 2.30. The summed E-state index contributed by atoms with van der Waals surface area (Å²) in [6.45, 7) is 9.13. The molecule has 29 heavy (non-hydrogen) atoms. The summed E-state index contributed by atoms with van der Waals surface area (Å²) >= 11 is 0. The van der Waals surface area contributed by atoms with Crippen molar-refractivity contribution in [2.24, 2.45) is 0 Å². The third kappa shape index (κ3) is 35.8. The van der Waals surface area contributed by atoms with Gasteiger partial charge in [0, 0.05) is 0 Å². The highest BCUT2D eigenvalue weighted by Gasteiger charge is 1.94. The second kappa shape index (κ2) is 32.7. The van der Waals surface area contributed by atoms with Gasteiger partial charge in [-0.15, -0.1) is 0 Å². The minimum atomic E-state index is 1.37. The Morgan fingerprint density at radius 1 is 0.172 bits per heavy atom. The fourth-order valence-electron chi connectivity index (χ4n) is 4.01. The lowest BCUT2D eigenvalue weighted by Gasteiger charge is -2.03. The van der Waals surface area contributed by atoms with Crippen LogP contribution in [0.4, 0.5) is 0 Å². The second-order valence-electron chi connectivity index (χ2n) is 9.42. The Balaban J connectivity index is 0. The molecule has 0 heterocycles. The molecule has 0 unspecified atom stereocenters. The van der Waals surface area contributed by atoms with Crippen molar-refractivity contribution >= 4 is 0 Å². The highest BCUT2D eigenvalue weighted by molar-refractivity contribution is 4.49. The SMILES string of the molecule is CCCCCCCCCC.CCCCCCCCCCCCCCCCCCC. The molecule has 0 radical (unpaired) electrons. The Hall–Kier alpha value is 0. The molecule has 0 saturated carbocycles. The molecule has 0 aromatic carbocycles. The Morgan fingerprint density at radius 3 is 0.379 bits per heavy atom. The quantitative estimate of drug-likeness (QED) is 0.147. The smallest absolute Gasteiger partial charge is 0.0533 e. The van der Waals surface area contributed by atoms with Gasteiger partial charge in [0.25, 0.3) is 0 Å². The molecule has 0 spiro atoms. The fraction of sp³-hybridized carbons (Fsp3) is 1.00. The van der Waals surface area contributed by atoms with Gasteiger partial charge in [-0.1, -0.05) is 188 Å². The van der Waals surface area contributed by atoms with E-state index in [4.69, 9.17) is 0 Å². The Bertz CT molecular complexity index is 208. The third-order valence-corrected chi connectivity index (χ3v) is 6.16. The van der Waals surface area contributed by atoms with Gasteiger partial charge >= 0.3 is 0 Å². The lowest BCUT2D eigenvalue weighted by Crippen LogP contribution is -1.83. The molecule has 0 aromatic rings. The van der Waals surface area contributed by atoms with E-state index in [9.17, 15) is 0 Å². The summed E-state index contributed by atoms with van der Waals surface area (Å²) < 4.78 is 0. The minimum absolute atomic E-state index is 1.37. The van der Waals surface area contributed by atoms with Crippen molar-refractivity contribution in [2.45, 2.75) is 188 Å². The van der Waals surface area contributed by atoms with E-state index >= 15 is 0 Å². The van der Waals surface area contributed by atoms with Gasteiger partial charge in [-0.3, -0.25) is 0 Å². The average molecular weight is 411 g/mol. The number of hydrogen-bond donors (Lipinski definition) is 0. The summed E-state index contributed by atoms with van der Waals surface area (Å²) in [5, 5.41) is 0. The molecular weight excluding hydrogens is 348 g/mol. The van der Waals surface area contributed by atoms with Crippen molar-refractivity contribution in [1.29, 1.82) is 0 Å². The van der Waals surface area contributed by atoms with Gasteiger partial charge < -0.3 is 0 Å². The van der Waals surface area contributed by atoms with Crippen LogP contribution >= 0.6 is 0 Å². The molecule has 0 aliphatic heterocycles. The second-order valence-corrected chi connectivity index (χ2v) is 9.42. The van der Waals surface area contributed by atoms with Crippen molar-refractivity contribution in [1.82, 2.24) is 0 Å². The van der Waals surface area contributed by atoms with Crippen molar-refractivity contribution < 1.29 is 0 Å². The summed E-state index contributed by atoms with van der Waals surface area (Å²) in [6.07, 6.45) is 36.4. The molecule has 0 amide bonds. The summed E-state index contributed by atoms with van der Waals surface area (Å²) in [5.74, 6) is 0. The van der Waals surface area contributed by atoms with Gasteiger partial charge in [0.2, 0.25) is 0 Å². The maximum Gasteiger partial charge on any atom is -0.0533 e. The molecular formula is C29H62. The molecule has 0 heteroatoms. The molecule has 0 bridgehead atoms. The highest BCUT2D eigenvalue weighted by atomic mass is 14.0. The van der Waals surface area contributed by atoms with Crippen molar-refractivity contribution in [3.05, 3.63) is 0 Å². The monoisotopic (exact) mass is 410 g/mol. The van der Waals surface area contributed by atoms with Gasteiger partial charge in [-0.05, 0) is 0 Å². The van der Waals surface area contributed by atoms with E-state index in [2.05, 4.69) is 27.7 Å². The van der Waals surface area contributed by atoms with Crippen molar-refractivity contribution in [3.63, 3.8) is 0 Å². The molecule has 0 aromatic heterocycles. The predicted molar refractivity (Wildman–Crippen MR) is 138 cm³/mol. The Morgan fingerprint density at radius 2 is 0.276 bits per heavy atom. The van der Waals surface area contributed by atoms with Gasteiger partial charge in [0.1, 0.15) is 0 Å². The third-order valence-electron chi connectivity index (χ3n) is 6.16. The molecule has 178 valence electrons. The van der Waals surface area contributed by atoms with Crippen LogP contribution in [-0.2, 0) is 0 Å². The standard InChI is InChI=1S/C19H40.C10H22/c1-3-5-7-9-11-13-15-17-19-18-16-14-12-10-8-6-4-2;1-3-5-7-9-10-8-6-4-2/h3-19H2,1-2H3;3-10H2,1-2H3. The van der Waals surface area contributed by atoms with E-state index in [1.54, 1.807) is 0 Å². The molecule has 0 saturated heterocycles. The normalized spacial score (nSPS) is 10.8. The molecule has 0 N–H and O–H groups in total. The Kier molecular flexibility index (Phi) is 35.1. The number of rotatable bonds is 23. The van der Waals surface area contributed by atoms with Crippen LogP contribution in [0, 0.1) is 0 Å². The minimum Gasteiger partial charge on any atom is -0.0654 e. The van der Waals surface area contributed by atoms with Gasteiger partial charge in [-0.2, -0.15) is 0 Å². The van der Waals surface area contributed by atoms with Gasteiger partial charge in [0.05, 0.1) is 0 Å². The first kappa shape index (κ1) is 31.2. The molecule has 0 nitrogen and oxygen atoms in total. The fourth-order valence-corrected chi connectivity index (χ4v) is 4.01. The van der Waals surface area contributed by atoms with Gasteiger partial charge in [-0.25, -0.2) is 0 Å². The van der Waals surface area contributed by atoms with Crippen LogP contribution in [0.15, 0.2) is 0 Å². The average Bonchev–Trinajstić information content (AvgIpc) is 2.74. The number of unbranched alkanes of at least 4 members (excludes halogenated alkanes) is 23. The van der Waals surface area contributed by atoms with Crippen LogP contribution in [-0.4, -0.2) is 0 Å². The summed E-state index contributed by atoms with van der Waals surface area (Å²) in [4.78, 5) is 0. The van der Waals surface area contributed by atoms with Crippen LogP contribution in [0.1, 0.15) is 188 Å². The van der Waals surface area contributed by atoms with Crippen LogP contribution in [0.25, 0.3) is 0 Å². The zero-order valence-corrected chi connectivity index (χ0v) is 21.7. The molecule has 0 rings (SSSR count). The van der Waals surface area contributed by atoms with Crippen LogP contribution in [0.5, 0.6) is 0 Å².